The van der Waals surface area contributed by atoms with Gasteiger partial charge in [-0.2, -0.15) is 0 Å². The van der Waals surface area contributed by atoms with Gasteiger partial charge in [0.25, 0.3) is 0 Å². The maximum absolute atomic E-state index is 12.5. The van der Waals surface area contributed by atoms with Gasteiger partial charge in [-0.25, -0.2) is 0 Å². The molecule has 0 spiro atoms. The zero-order chi connectivity index (χ0) is 18.1. The summed E-state index contributed by atoms with van der Waals surface area (Å²) in [7, 11) is 1.53. The van der Waals surface area contributed by atoms with E-state index in [0.717, 1.165) is 22.1 Å². The van der Waals surface area contributed by atoms with Crippen LogP contribution in [0, 0.1) is 20.8 Å². The lowest BCUT2D eigenvalue weighted by Gasteiger charge is -2.12. The third-order valence-electron chi connectivity index (χ3n) is 4.24. The van der Waals surface area contributed by atoms with Gasteiger partial charge in [-0.3, -0.25) is 4.79 Å². The maximum Gasteiger partial charge on any atom is 0.230 e. The smallest absolute Gasteiger partial charge is 0.230 e. The van der Waals surface area contributed by atoms with E-state index in [9.17, 15) is 4.79 Å². The molecule has 0 aliphatic carbocycles. The molecule has 6 heteroatoms. The third-order valence-corrected chi connectivity index (χ3v) is 4.65. The van der Waals surface area contributed by atoms with Crippen LogP contribution in [0.4, 0.5) is 5.69 Å². The first-order valence-electron chi connectivity index (χ1n) is 7.88. The topological polar surface area (TPSA) is 64.4 Å². The van der Waals surface area contributed by atoms with Crippen molar-refractivity contribution in [3.05, 3.63) is 51.7 Å². The van der Waals surface area contributed by atoms with Crippen molar-refractivity contribution in [1.29, 1.82) is 0 Å². The average molecular weight is 359 g/mol. The molecule has 0 radical (unpaired) electrons. The van der Waals surface area contributed by atoms with Gasteiger partial charge < -0.3 is 14.6 Å². The number of rotatable bonds is 4. The Bertz CT molecular complexity index is 963. The number of carbonyl (C=O) groups is 1. The molecule has 1 amide bonds. The standard InChI is InChI=1S/C19H19ClN2O3/c1-10-5-13-15(22-25-17(13)7-11(10)2)9-19(23)21-16-6-12(3)14(20)8-18(16)24-4/h5-8H,9H2,1-4H3,(H,21,23). The van der Waals surface area contributed by atoms with Gasteiger partial charge in [0.05, 0.1) is 19.2 Å². The molecular weight excluding hydrogens is 340 g/mol. The molecule has 0 bridgehead atoms. The number of hydrogen-bond acceptors (Lipinski definition) is 4. The predicted molar refractivity (Wildman–Crippen MR) is 98.6 cm³/mol. The fourth-order valence-corrected chi connectivity index (χ4v) is 2.80. The molecule has 2 aromatic carbocycles. The number of carbonyl (C=O) groups excluding carboxylic acids is 1. The monoisotopic (exact) mass is 358 g/mol. The lowest BCUT2D eigenvalue weighted by atomic mass is 10.1. The Morgan fingerprint density at radius 1 is 1.16 bits per heavy atom. The number of methoxy groups -OCH3 is 1. The normalized spacial score (nSPS) is 10.9. The summed E-state index contributed by atoms with van der Waals surface area (Å²) >= 11 is 6.09. The second kappa shape index (κ2) is 6.76. The second-order valence-electron chi connectivity index (χ2n) is 6.09. The van der Waals surface area contributed by atoms with E-state index in [0.29, 0.717) is 27.7 Å². The minimum absolute atomic E-state index is 0.111. The van der Waals surface area contributed by atoms with E-state index in [1.807, 2.05) is 32.9 Å². The molecule has 0 saturated heterocycles. The zero-order valence-corrected chi connectivity index (χ0v) is 15.3. The molecule has 1 N–H and O–H groups in total. The number of ether oxygens (including phenoxy) is 1. The van der Waals surface area contributed by atoms with Gasteiger partial charge in [0, 0.05) is 16.5 Å². The van der Waals surface area contributed by atoms with Crippen molar-refractivity contribution < 1.29 is 14.1 Å². The highest BCUT2D eigenvalue weighted by Crippen LogP contribution is 2.31. The van der Waals surface area contributed by atoms with Crippen molar-refractivity contribution in [2.75, 3.05) is 12.4 Å². The number of amides is 1. The lowest BCUT2D eigenvalue weighted by Crippen LogP contribution is -2.15. The minimum atomic E-state index is -0.201. The van der Waals surface area contributed by atoms with Crippen LogP contribution in [-0.4, -0.2) is 18.2 Å². The van der Waals surface area contributed by atoms with Gasteiger partial charge in [0.2, 0.25) is 5.91 Å². The van der Waals surface area contributed by atoms with Gasteiger partial charge in [0.1, 0.15) is 11.4 Å². The summed E-state index contributed by atoms with van der Waals surface area (Å²) in [4.78, 5) is 12.5. The highest BCUT2D eigenvalue weighted by atomic mass is 35.5. The van der Waals surface area contributed by atoms with Crippen LogP contribution in [0.1, 0.15) is 22.4 Å². The summed E-state index contributed by atoms with van der Waals surface area (Å²) in [6.07, 6.45) is 0.111. The van der Waals surface area contributed by atoms with Gasteiger partial charge in [-0.15, -0.1) is 0 Å². The first kappa shape index (κ1) is 17.3. The number of fused-ring (bicyclic) bond motifs is 1. The van der Waals surface area contributed by atoms with E-state index >= 15 is 0 Å². The molecule has 5 nitrogen and oxygen atoms in total. The van der Waals surface area contributed by atoms with Crippen molar-refractivity contribution >= 4 is 34.2 Å². The molecule has 0 fully saturated rings. The van der Waals surface area contributed by atoms with Gasteiger partial charge in [-0.1, -0.05) is 16.8 Å². The number of benzene rings is 2. The summed E-state index contributed by atoms with van der Waals surface area (Å²) in [5.41, 5.74) is 4.99. The van der Waals surface area contributed by atoms with Crippen molar-refractivity contribution in [3.63, 3.8) is 0 Å². The summed E-state index contributed by atoms with van der Waals surface area (Å²) in [5, 5.41) is 8.34. The van der Waals surface area contributed by atoms with Crippen LogP contribution in [0.15, 0.2) is 28.8 Å². The molecule has 0 saturated carbocycles. The Hall–Kier alpha value is -2.53. The summed E-state index contributed by atoms with van der Waals surface area (Å²) in [6.45, 7) is 5.90. The molecular formula is C19H19ClN2O3. The number of aryl methyl sites for hydroxylation is 3. The highest BCUT2D eigenvalue weighted by molar-refractivity contribution is 6.31. The molecule has 0 atom stereocenters. The number of aromatic nitrogens is 1. The molecule has 0 aliphatic heterocycles. The molecule has 130 valence electrons. The second-order valence-corrected chi connectivity index (χ2v) is 6.50. The molecule has 3 rings (SSSR count). The van der Waals surface area contributed by atoms with Gasteiger partial charge >= 0.3 is 0 Å². The largest absolute Gasteiger partial charge is 0.495 e. The fraction of sp³-hybridized carbons (Fsp3) is 0.263. The van der Waals surface area contributed by atoms with E-state index in [1.165, 1.54) is 7.11 Å². The molecule has 0 unspecified atom stereocenters. The molecule has 25 heavy (non-hydrogen) atoms. The maximum atomic E-state index is 12.5. The molecule has 0 aliphatic rings. The van der Waals surface area contributed by atoms with Crippen molar-refractivity contribution in [2.24, 2.45) is 0 Å². The average Bonchev–Trinajstić information content (AvgIpc) is 2.93. The van der Waals surface area contributed by atoms with Crippen LogP contribution in [0.2, 0.25) is 5.02 Å². The molecule has 1 aromatic heterocycles. The van der Waals surface area contributed by atoms with Crippen LogP contribution in [0.25, 0.3) is 11.0 Å². The van der Waals surface area contributed by atoms with E-state index < -0.39 is 0 Å². The molecule has 3 aromatic rings. The Labute approximate surface area is 150 Å². The van der Waals surface area contributed by atoms with Crippen LogP contribution in [0.5, 0.6) is 5.75 Å². The Balaban J connectivity index is 1.84. The highest BCUT2D eigenvalue weighted by Gasteiger charge is 2.16. The number of anilines is 1. The third kappa shape index (κ3) is 3.46. The van der Waals surface area contributed by atoms with Crippen LogP contribution < -0.4 is 10.1 Å². The Morgan fingerprint density at radius 3 is 2.60 bits per heavy atom. The van der Waals surface area contributed by atoms with Crippen molar-refractivity contribution in [2.45, 2.75) is 27.2 Å². The summed E-state index contributed by atoms with van der Waals surface area (Å²) < 4.78 is 10.6. The van der Waals surface area contributed by atoms with E-state index in [1.54, 1.807) is 12.1 Å². The van der Waals surface area contributed by atoms with Crippen LogP contribution in [-0.2, 0) is 11.2 Å². The SMILES string of the molecule is COc1cc(Cl)c(C)cc1NC(=O)Cc1noc2cc(C)c(C)cc12. The summed E-state index contributed by atoms with van der Waals surface area (Å²) in [6, 6.07) is 7.40. The fourth-order valence-electron chi connectivity index (χ4n) is 2.65. The Morgan fingerprint density at radius 2 is 1.88 bits per heavy atom. The van der Waals surface area contributed by atoms with Crippen LogP contribution >= 0.6 is 11.6 Å². The Kier molecular flexibility index (Phi) is 4.68. The number of nitrogens with zero attached hydrogens (tertiary/aromatic N) is 1. The molecule has 1 heterocycles. The van der Waals surface area contributed by atoms with Gasteiger partial charge in [0.15, 0.2) is 5.58 Å². The van der Waals surface area contributed by atoms with Gasteiger partial charge in [-0.05, 0) is 55.7 Å². The van der Waals surface area contributed by atoms with E-state index in [4.69, 9.17) is 20.9 Å². The zero-order valence-electron chi connectivity index (χ0n) is 14.6. The van der Waals surface area contributed by atoms with Crippen LogP contribution in [0.3, 0.4) is 0 Å². The van der Waals surface area contributed by atoms with E-state index in [2.05, 4.69) is 10.5 Å². The van der Waals surface area contributed by atoms with E-state index in [-0.39, 0.29) is 12.3 Å². The number of halogens is 1. The first-order chi connectivity index (χ1) is 11.9. The van der Waals surface area contributed by atoms with Crippen molar-refractivity contribution in [1.82, 2.24) is 5.16 Å². The number of hydrogen-bond donors (Lipinski definition) is 1. The number of nitrogens with one attached hydrogen (secondary N) is 1. The predicted octanol–water partition coefficient (Wildman–Crippen LogP) is 4.60. The first-order valence-corrected chi connectivity index (χ1v) is 8.26. The quantitative estimate of drug-likeness (QED) is 0.740. The van der Waals surface area contributed by atoms with Crippen molar-refractivity contribution in [3.8, 4) is 5.75 Å². The summed E-state index contributed by atoms with van der Waals surface area (Å²) in [5.74, 6) is 0.314. The minimum Gasteiger partial charge on any atom is -0.495 e. The lowest BCUT2D eigenvalue weighted by molar-refractivity contribution is -0.115.